The molecule has 2 rings (SSSR count). The summed E-state index contributed by atoms with van der Waals surface area (Å²) >= 11 is 0. The summed E-state index contributed by atoms with van der Waals surface area (Å²) in [5, 5.41) is 6.29. The van der Waals surface area contributed by atoms with Crippen LogP contribution in [0.25, 0.3) is 0 Å². The van der Waals surface area contributed by atoms with Crippen LogP contribution in [0.2, 0.25) is 0 Å². The van der Waals surface area contributed by atoms with Crippen LogP contribution >= 0.6 is 0 Å². The van der Waals surface area contributed by atoms with Gasteiger partial charge < -0.3 is 20.1 Å². The van der Waals surface area contributed by atoms with Gasteiger partial charge in [-0.05, 0) is 25.0 Å². The van der Waals surface area contributed by atoms with Crippen LogP contribution < -0.4 is 20.1 Å². The van der Waals surface area contributed by atoms with Gasteiger partial charge in [-0.3, -0.25) is 4.79 Å². The van der Waals surface area contributed by atoms with E-state index in [1.165, 1.54) is 44.9 Å². The zero-order valence-corrected chi connectivity index (χ0v) is 14.2. The number of hydrogen-bond donors (Lipinski definition) is 2. The van der Waals surface area contributed by atoms with Crippen LogP contribution in [-0.4, -0.2) is 32.7 Å². The molecule has 0 radical (unpaired) electrons. The Morgan fingerprint density at radius 2 is 1.70 bits per heavy atom. The van der Waals surface area contributed by atoms with Gasteiger partial charge >= 0.3 is 0 Å². The maximum Gasteiger partial charge on any atom is 0.238 e. The molecule has 5 nitrogen and oxygen atoms in total. The number of methoxy groups -OCH3 is 2. The van der Waals surface area contributed by atoms with E-state index in [0.717, 1.165) is 0 Å². The van der Waals surface area contributed by atoms with Crippen LogP contribution in [0.1, 0.15) is 44.9 Å². The highest BCUT2D eigenvalue weighted by atomic mass is 16.5. The van der Waals surface area contributed by atoms with Gasteiger partial charge in [0.25, 0.3) is 0 Å². The molecule has 23 heavy (non-hydrogen) atoms. The van der Waals surface area contributed by atoms with Gasteiger partial charge in [-0.15, -0.1) is 0 Å². The zero-order valence-electron chi connectivity index (χ0n) is 14.2. The molecule has 0 aliphatic heterocycles. The number of ether oxygens (including phenoxy) is 2. The van der Waals surface area contributed by atoms with Crippen molar-refractivity contribution < 1.29 is 14.3 Å². The molecule has 0 atom stereocenters. The first-order chi connectivity index (χ1) is 11.2. The maximum atomic E-state index is 12.1. The van der Waals surface area contributed by atoms with Gasteiger partial charge in [0.05, 0.1) is 20.8 Å². The number of amides is 1. The number of nitrogens with one attached hydrogen (secondary N) is 2. The van der Waals surface area contributed by atoms with Gasteiger partial charge in [0.15, 0.2) is 11.5 Å². The fourth-order valence-electron chi connectivity index (χ4n) is 3.02. The molecule has 1 aromatic carbocycles. The number of carbonyl (C=O) groups is 1. The molecule has 0 aromatic heterocycles. The molecular formula is C18H28N2O3. The van der Waals surface area contributed by atoms with Crippen LogP contribution in [0.3, 0.4) is 0 Å². The Bertz CT molecular complexity index is 497. The molecule has 0 unspecified atom stereocenters. The van der Waals surface area contributed by atoms with Crippen molar-refractivity contribution in [1.29, 1.82) is 0 Å². The van der Waals surface area contributed by atoms with Crippen molar-refractivity contribution in [3.8, 4) is 11.5 Å². The van der Waals surface area contributed by atoms with Crippen molar-refractivity contribution in [3.63, 3.8) is 0 Å². The van der Waals surface area contributed by atoms with Gasteiger partial charge in [-0.2, -0.15) is 0 Å². The summed E-state index contributed by atoms with van der Waals surface area (Å²) in [4.78, 5) is 12.1. The largest absolute Gasteiger partial charge is 0.493 e. The molecule has 0 spiro atoms. The van der Waals surface area contributed by atoms with E-state index in [9.17, 15) is 4.79 Å². The smallest absolute Gasteiger partial charge is 0.238 e. The van der Waals surface area contributed by atoms with E-state index in [-0.39, 0.29) is 5.91 Å². The number of hydrogen-bond acceptors (Lipinski definition) is 4. The standard InChI is InChI=1S/C18H28N2O3/c1-22-16-11-10-15(12-17(16)23-2)20-18(21)13-19-14-8-6-4-3-5-7-9-14/h10-12,14,19H,3-9,13H2,1-2H3,(H,20,21). The number of benzene rings is 1. The summed E-state index contributed by atoms with van der Waals surface area (Å²) in [5.41, 5.74) is 0.715. The molecule has 0 saturated heterocycles. The van der Waals surface area contributed by atoms with E-state index in [4.69, 9.17) is 9.47 Å². The molecule has 1 aromatic rings. The van der Waals surface area contributed by atoms with Gasteiger partial charge in [-0.25, -0.2) is 0 Å². The second-order valence-corrected chi connectivity index (χ2v) is 6.04. The highest BCUT2D eigenvalue weighted by molar-refractivity contribution is 5.92. The first-order valence-corrected chi connectivity index (χ1v) is 8.48. The van der Waals surface area contributed by atoms with Crippen molar-refractivity contribution in [2.45, 2.75) is 51.0 Å². The Balaban J connectivity index is 1.82. The minimum atomic E-state index is -0.0284. The topological polar surface area (TPSA) is 59.6 Å². The number of rotatable bonds is 6. The Labute approximate surface area is 138 Å². The van der Waals surface area contributed by atoms with Crippen LogP contribution in [-0.2, 0) is 4.79 Å². The molecule has 1 aliphatic carbocycles. The zero-order chi connectivity index (χ0) is 16.5. The molecular weight excluding hydrogens is 292 g/mol. The minimum absolute atomic E-state index is 0.0284. The predicted octanol–water partition coefficient (Wildman–Crippen LogP) is 3.34. The Morgan fingerprint density at radius 1 is 1.04 bits per heavy atom. The monoisotopic (exact) mass is 320 g/mol. The van der Waals surface area contributed by atoms with Crippen LogP contribution in [0, 0.1) is 0 Å². The van der Waals surface area contributed by atoms with Crippen molar-refractivity contribution in [3.05, 3.63) is 18.2 Å². The van der Waals surface area contributed by atoms with Gasteiger partial charge in [0.2, 0.25) is 5.91 Å². The first-order valence-electron chi connectivity index (χ1n) is 8.48. The molecule has 2 N–H and O–H groups in total. The molecule has 1 saturated carbocycles. The second-order valence-electron chi connectivity index (χ2n) is 6.04. The Hall–Kier alpha value is -1.75. The molecule has 5 heteroatoms. The van der Waals surface area contributed by atoms with Gasteiger partial charge in [0.1, 0.15) is 0 Å². The van der Waals surface area contributed by atoms with E-state index in [1.807, 2.05) is 6.07 Å². The average Bonchev–Trinajstić information content (AvgIpc) is 2.53. The summed E-state index contributed by atoms with van der Waals surface area (Å²) in [6.07, 6.45) is 8.84. The average molecular weight is 320 g/mol. The van der Waals surface area contributed by atoms with Gasteiger partial charge in [-0.1, -0.05) is 32.1 Å². The third-order valence-corrected chi connectivity index (χ3v) is 4.32. The van der Waals surface area contributed by atoms with Crippen molar-refractivity contribution >= 4 is 11.6 Å². The highest BCUT2D eigenvalue weighted by Gasteiger charge is 2.13. The fraction of sp³-hybridized carbons (Fsp3) is 0.611. The minimum Gasteiger partial charge on any atom is -0.493 e. The van der Waals surface area contributed by atoms with Crippen LogP contribution in [0.15, 0.2) is 18.2 Å². The maximum absolute atomic E-state index is 12.1. The normalized spacial score (nSPS) is 16.3. The Morgan fingerprint density at radius 3 is 2.35 bits per heavy atom. The van der Waals surface area contributed by atoms with Crippen molar-refractivity contribution in [2.24, 2.45) is 0 Å². The quantitative estimate of drug-likeness (QED) is 0.844. The summed E-state index contributed by atoms with van der Waals surface area (Å²) in [5.74, 6) is 1.23. The third kappa shape index (κ3) is 5.75. The lowest BCUT2D eigenvalue weighted by Crippen LogP contribution is -2.36. The highest BCUT2D eigenvalue weighted by Crippen LogP contribution is 2.29. The SMILES string of the molecule is COc1ccc(NC(=O)CNC2CCCCCCC2)cc1OC. The molecule has 1 fully saturated rings. The summed E-state index contributed by atoms with van der Waals surface area (Å²) in [7, 11) is 3.18. The van der Waals surface area contributed by atoms with Crippen LogP contribution in [0.5, 0.6) is 11.5 Å². The summed E-state index contributed by atoms with van der Waals surface area (Å²) < 4.78 is 10.4. The lowest BCUT2D eigenvalue weighted by Gasteiger charge is -2.20. The predicted molar refractivity (Wildman–Crippen MR) is 92.3 cm³/mol. The van der Waals surface area contributed by atoms with Crippen molar-refractivity contribution in [1.82, 2.24) is 5.32 Å². The second kappa shape index (κ2) is 9.40. The summed E-state index contributed by atoms with van der Waals surface area (Å²) in [6.45, 7) is 0.346. The van der Waals surface area contributed by atoms with E-state index < -0.39 is 0 Å². The third-order valence-electron chi connectivity index (χ3n) is 4.32. The molecule has 1 aliphatic rings. The molecule has 0 bridgehead atoms. The lowest BCUT2D eigenvalue weighted by atomic mass is 9.97. The molecule has 128 valence electrons. The van der Waals surface area contributed by atoms with Crippen LogP contribution in [0.4, 0.5) is 5.69 Å². The van der Waals surface area contributed by atoms with E-state index in [2.05, 4.69) is 10.6 Å². The van der Waals surface area contributed by atoms with E-state index >= 15 is 0 Å². The fourth-order valence-corrected chi connectivity index (χ4v) is 3.02. The Kier molecular flexibility index (Phi) is 7.20. The van der Waals surface area contributed by atoms with Gasteiger partial charge in [0, 0.05) is 17.8 Å². The molecule has 0 heterocycles. The number of carbonyl (C=O) groups excluding carboxylic acids is 1. The summed E-state index contributed by atoms with van der Waals surface area (Å²) in [6, 6.07) is 5.84. The van der Waals surface area contributed by atoms with Crippen molar-refractivity contribution in [2.75, 3.05) is 26.1 Å². The van der Waals surface area contributed by atoms with E-state index in [0.29, 0.717) is 29.8 Å². The number of anilines is 1. The first kappa shape index (κ1) is 17.6. The lowest BCUT2D eigenvalue weighted by molar-refractivity contribution is -0.115. The van der Waals surface area contributed by atoms with E-state index in [1.54, 1.807) is 26.4 Å². The molecule has 1 amide bonds.